The van der Waals surface area contributed by atoms with Crippen molar-refractivity contribution in [1.29, 1.82) is 5.26 Å². The lowest BCUT2D eigenvalue weighted by atomic mass is 10.1. The van der Waals surface area contributed by atoms with Crippen LogP contribution in [0.25, 0.3) is 6.08 Å². The van der Waals surface area contributed by atoms with Gasteiger partial charge in [0.1, 0.15) is 17.4 Å². The number of carbonyl (C=O) groups excluding carboxylic acids is 2. The summed E-state index contributed by atoms with van der Waals surface area (Å²) in [5.41, 5.74) is 2.69. The number of nitrogens with zero attached hydrogens (tertiary/aromatic N) is 1. The number of hydrogen-bond donors (Lipinski definition) is 1. The summed E-state index contributed by atoms with van der Waals surface area (Å²) in [4.78, 5) is 24.5. The van der Waals surface area contributed by atoms with E-state index in [9.17, 15) is 14.9 Å². The lowest BCUT2D eigenvalue weighted by Crippen LogP contribution is -2.13. The zero-order chi connectivity index (χ0) is 21.5. The third-order valence-corrected chi connectivity index (χ3v) is 4.68. The molecular formula is C24H17BrN2O3. The number of anilines is 1. The van der Waals surface area contributed by atoms with Crippen LogP contribution in [0.15, 0.2) is 82.8 Å². The summed E-state index contributed by atoms with van der Waals surface area (Å²) in [6, 6.07) is 22.6. The molecule has 3 rings (SSSR count). The Bertz CT molecular complexity index is 1130. The molecule has 148 valence electrons. The molecule has 6 heteroatoms. The number of carbonyl (C=O) groups is 2. The van der Waals surface area contributed by atoms with E-state index in [2.05, 4.69) is 21.2 Å². The van der Waals surface area contributed by atoms with Gasteiger partial charge >= 0.3 is 5.97 Å². The van der Waals surface area contributed by atoms with E-state index in [1.165, 1.54) is 6.08 Å². The summed E-state index contributed by atoms with van der Waals surface area (Å²) in [6.45, 7) is 1.94. The van der Waals surface area contributed by atoms with Crippen LogP contribution < -0.4 is 10.1 Å². The SMILES string of the molecule is Cc1ccc(C(=O)Oc2ccc(/C=C(\C#N)C(=O)Nc3ccc(Br)cc3)cc2)cc1. The van der Waals surface area contributed by atoms with Crippen LogP contribution in [0.2, 0.25) is 0 Å². The molecule has 0 saturated heterocycles. The first-order valence-corrected chi connectivity index (χ1v) is 9.81. The monoisotopic (exact) mass is 460 g/mol. The fraction of sp³-hybridized carbons (Fsp3) is 0.0417. The number of nitrogens with one attached hydrogen (secondary N) is 1. The fourth-order valence-corrected chi connectivity index (χ4v) is 2.80. The van der Waals surface area contributed by atoms with E-state index >= 15 is 0 Å². The van der Waals surface area contributed by atoms with Crippen LogP contribution in [0.4, 0.5) is 5.69 Å². The second-order valence-corrected chi connectivity index (χ2v) is 7.37. The summed E-state index contributed by atoms with van der Waals surface area (Å²) < 4.78 is 6.24. The molecule has 30 heavy (non-hydrogen) atoms. The Morgan fingerprint density at radius 3 is 2.20 bits per heavy atom. The molecular weight excluding hydrogens is 444 g/mol. The smallest absolute Gasteiger partial charge is 0.343 e. The van der Waals surface area contributed by atoms with Crippen molar-refractivity contribution in [2.45, 2.75) is 6.92 Å². The summed E-state index contributed by atoms with van der Waals surface area (Å²) in [6.07, 6.45) is 1.47. The van der Waals surface area contributed by atoms with Gasteiger partial charge in [-0.15, -0.1) is 0 Å². The molecule has 1 amide bonds. The fourth-order valence-electron chi connectivity index (χ4n) is 2.53. The maximum atomic E-state index is 12.3. The van der Waals surface area contributed by atoms with Crippen LogP contribution in [0.1, 0.15) is 21.5 Å². The van der Waals surface area contributed by atoms with E-state index in [1.54, 1.807) is 60.7 Å². The summed E-state index contributed by atoms with van der Waals surface area (Å²) in [5.74, 6) is -0.588. The van der Waals surface area contributed by atoms with Gasteiger partial charge in [-0.2, -0.15) is 5.26 Å². The Hall–Kier alpha value is -3.69. The Morgan fingerprint density at radius 1 is 0.967 bits per heavy atom. The lowest BCUT2D eigenvalue weighted by Gasteiger charge is -2.06. The van der Waals surface area contributed by atoms with Crippen molar-refractivity contribution in [1.82, 2.24) is 0 Å². The predicted molar refractivity (Wildman–Crippen MR) is 119 cm³/mol. The van der Waals surface area contributed by atoms with Gasteiger partial charge in [-0.25, -0.2) is 4.79 Å². The number of halogens is 1. The zero-order valence-corrected chi connectivity index (χ0v) is 17.6. The highest BCUT2D eigenvalue weighted by molar-refractivity contribution is 9.10. The molecule has 0 spiro atoms. The normalized spacial score (nSPS) is 10.8. The van der Waals surface area contributed by atoms with E-state index in [0.717, 1.165) is 10.0 Å². The molecule has 0 aliphatic heterocycles. The molecule has 0 aliphatic carbocycles. The van der Waals surface area contributed by atoms with Crippen LogP contribution >= 0.6 is 15.9 Å². The first-order valence-electron chi connectivity index (χ1n) is 9.02. The molecule has 0 aromatic heterocycles. The number of ether oxygens (including phenoxy) is 1. The minimum atomic E-state index is -0.505. The number of hydrogen-bond acceptors (Lipinski definition) is 4. The molecule has 0 fully saturated rings. The van der Waals surface area contributed by atoms with Crippen LogP contribution in [-0.2, 0) is 4.79 Å². The quantitative estimate of drug-likeness (QED) is 0.235. The maximum Gasteiger partial charge on any atom is 0.343 e. The molecule has 0 bridgehead atoms. The van der Waals surface area contributed by atoms with Gasteiger partial charge in [0.2, 0.25) is 0 Å². The largest absolute Gasteiger partial charge is 0.423 e. The lowest BCUT2D eigenvalue weighted by molar-refractivity contribution is -0.112. The summed E-state index contributed by atoms with van der Waals surface area (Å²) in [7, 11) is 0. The number of nitriles is 1. The number of esters is 1. The van der Waals surface area contributed by atoms with Crippen LogP contribution in [-0.4, -0.2) is 11.9 Å². The van der Waals surface area contributed by atoms with Gasteiger partial charge in [-0.1, -0.05) is 45.8 Å². The van der Waals surface area contributed by atoms with Gasteiger partial charge in [-0.3, -0.25) is 4.79 Å². The summed E-state index contributed by atoms with van der Waals surface area (Å²) >= 11 is 3.33. The minimum Gasteiger partial charge on any atom is -0.423 e. The third-order valence-electron chi connectivity index (χ3n) is 4.16. The van der Waals surface area contributed by atoms with E-state index in [1.807, 2.05) is 25.1 Å². The second-order valence-electron chi connectivity index (χ2n) is 6.46. The molecule has 0 atom stereocenters. The van der Waals surface area contributed by atoms with Gasteiger partial charge in [0.15, 0.2) is 0 Å². The first kappa shape index (κ1) is 21.0. The molecule has 0 unspecified atom stereocenters. The first-order chi connectivity index (χ1) is 14.4. The predicted octanol–water partition coefficient (Wildman–Crippen LogP) is 5.52. The van der Waals surface area contributed by atoms with E-state index in [-0.39, 0.29) is 5.57 Å². The standard InChI is InChI=1S/C24H17BrN2O3/c1-16-2-6-18(7-3-16)24(29)30-22-12-4-17(5-13-22)14-19(15-26)23(28)27-21-10-8-20(25)9-11-21/h2-14H,1H3,(H,27,28)/b19-14+. The Labute approximate surface area is 182 Å². The van der Waals surface area contributed by atoms with Crippen molar-refractivity contribution < 1.29 is 14.3 Å². The van der Waals surface area contributed by atoms with Gasteiger partial charge in [0.25, 0.3) is 5.91 Å². The van der Waals surface area contributed by atoms with Crippen molar-refractivity contribution in [3.8, 4) is 11.8 Å². The number of amides is 1. The van der Waals surface area contributed by atoms with Gasteiger partial charge < -0.3 is 10.1 Å². The Balaban J connectivity index is 1.67. The van der Waals surface area contributed by atoms with Crippen molar-refractivity contribution >= 4 is 39.6 Å². The van der Waals surface area contributed by atoms with Crippen molar-refractivity contribution in [3.63, 3.8) is 0 Å². The van der Waals surface area contributed by atoms with E-state index in [0.29, 0.717) is 22.6 Å². The number of benzene rings is 3. The average molecular weight is 461 g/mol. The van der Waals surface area contributed by atoms with E-state index in [4.69, 9.17) is 4.74 Å². The molecule has 3 aromatic rings. The molecule has 0 radical (unpaired) electrons. The van der Waals surface area contributed by atoms with Crippen LogP contribution in [0.3, 0.4) is 0 Å². The Kier molecular flexibility index (Phi) is 6.79. The number of rotatable bonds is 5. The molecule has 1 N–H and O–H groups in total. The van der Waals surface area contributed by atoms with Crippen molar-refractivity contribution in [3.05, 3.63) is 99.5 Å². The highest BCUT2D eigenvalue weighted by Crippen LogP contribution is 2.18. The summed E-state index contributed by atoms with van der Waals surface area (Å²) in [5, 5.41) is 12.0. The van der Waals surface area contributed by atoms with Crippen LogP contribution in [0, 0.1) is 18.3 Å². The molecule has 0 heterocycles. The topological polar surface area (TPSA) is 79.2 Å². The highest BCUT2D eigenvalue weighted by Gasteiger charge is 2.11. The van der Waals surface area contributed by atoms with Crippen molar-refractivity contribution in [2.75, 3.05) is 5.32 Å². The van der Waals surface area contributed by atoms with Crippen LogP contribution in [0.5, 0.6) is 5.75 Å². The van der Waals surface area contributed by atoms with Gasteiger partial charge in [-0.05, 0) is 67.1 Å². The maximum absolute atomic E-state index is 12.3. The zero-order valence-electron chi connectivity index (χ0n) is 16.1. The minimum absolute atomic E-state index is 0.0395. The van der Waals surface area contributed by atoms with Crippen molar-refractivity contribution in [2.24, 2.45) is 0 Å². The second kappa shape index (κ2) is 9.68. The average Bonchev–Trinajstić information content (AvgIpc) is 2.75. The molecule has 0 saturated carbocycles. The van der Waals surface area contributed by atoms with Gasteiger partial charge in [0, 0.05) is 10.2 Å². The molecule has 5 nitrogen and oxygen atoms in total. The third kappa shape index (κ3) is 5.66. The Morgan fingerprint density at radius 2 is 1.60 bits per heavy atom. The molecule has 0 aliphatic rings. The number of aryl methyl sites for hydroxylation is 1. The van der Waals surface area contributed by atoms with Gasteiger partial charge in [0.05, 0.1) is 5.56 Å². The molecule has 3 aromatic carbocycles. The van der Waals surface area contributed by atoms with E-state index < -0.39 is 11.9 Å². The highest BCUT2D eigenvalue weighted by atomic mass is 79.9.